The maximum atomic E-state index is 6.44. The van der Waals surface area contributed by atoms with Crippen LogP contribution in [0.3, 0.4) is 0 Å². The van der Waals surface area contributed by atoms with Gasteiger partial charge in [0.1, 0.15) is 5.15 Å². The molecule has 45 heavy (non-hydrogen) atoms. The molecule has 0 saturated heterocycles. The van der Waals surface area contributed by atoms with Crippen molar-refractivity contribution in [2.75, 3.05) is 6.54 Å². The van der Waals surface area contributed by atoms with Crippen molar-refractivity contribution in [1.29, 1.82) is 0 Å². The molecule has 2 aromatic carbocycles. The highest BCUT2D eigenvalue weighted by Crippen LogP contribution is 2.43. The fraction of sp³-hybridized carbons (Fsp3) is 0.371. The van der Waals surface area contributed by atoms with Gasteiger partial charge in [0, 0.05) is 11.1 Å². The number of hydrogen-bond donors (Lipinski definition) is 1. The number of rotatable bonds is 6. The van der Waals surface area contributed by atoms with E-state index >= 15 is 0 Å². The molecule has 0 fully saturated rings. The minimum Gasteiger partial charge on any atom is -0.330 e. The summed E-state index contributed by atoms with van der Waals surface area (Å²) < 4.78 is 0. The predicted octanol–water partition coefficient (Wildman–Crippen LogP) is 13.6. The molecule has 0 saturated carbocycles. The highest BCUT2D eigenvalue weighted by molar-refractivity contribution is 6.52. The summed E-state index contributed by atoms with van der Waals surface area (Å²) in [7, 11) is 0. The van der Waals surface area contributed by atoms with E-state index in [0.717, 1.165) is 77.0 Å². The van der Waals surface area contributed by atoms with E-state index in [4.69, 9.17) is 91.9 Å². The van der Waals surface area contributed by atoms with Crippen molar-refractivity contribution in [3.05, 3.63) is 98.6 Å². The van der Waals surface area contributed by atoms with Crippen LogP contribution in [0.2, 0.25) is 35.3 Å². The van der Waals surface area contributed by atoms with Gasteiger partial charge >= 0.3 is 0 Å². The first-order valence-corrected chi connectivity index (χ1v) is 17.3. The number of aromatic nitrogens is 2. The van der Waals surface area contributed by atoms with Crippen molar-refractivity contribution in [2.45, 2.75) is 81.1 Å². The molecule has 2 aromatic heterocycles. The average Bonchev–Trinajstić information content (AvgIpc) is 2.97. The standard InChI is InChI=1S/C18H20Cl3N.C14H11Cl4N.C3H9N/c1-5-6-7-13-15(19)16(20)17(21)18(22-13)14-11(3)8-10(2)9-12(14)4;1-6-4-7(2)9(8(3)5-6)13-11(16)10(15)12(17)14(18)19-13;1-2-3-4/h8-9H,5-7H2,1-4H3;4-5H,1-3H3;2-4H2,1H3. The molecule has 0 aliphatic rings. The first kappa shape index (κ1) is 39.9. The van der Waals surface area contributed by atoms with Gasteiger partial charge in [-0.15, -0.1) is 0 Å². The van der Waals surface area contributed by atoms with Gasteiger partial charge in [0.2, 0.25) is 0 Å². The summed E-state index contributed by atoms with van der Waals surface area (Å²) >= 11 is 43.4. The van der Waals surface area contributed by atoms with Gasteiger partial charge in [0.15, 0.2) is 0 Å². The molecule has 0 spiro atoms. The van der Waals surface area contributed by atoms with Gasteiger partial charge < -0.3 is 5.73 Å². The lowest BCUT2D eigenvalue weighted by atomic mass is 9.96. The lowest BCUT2D eigenvalue weighted by Crippen LogP contribution is -2.00. The van der Waals surface area contributed by atoms with E-state index in [1.54, 1.807) is 0 Å². The lowest BCUT2D eigenvalue weighted by molar-refractivity contribution is 0.777. The summed E-state index contributed by atoms with van der Waals surface area (Å²) in [5.74, 6) is 0. The van der Waals surface area contributed by atoms with Crippen molar-refractivity contribution < 1.29 is 0 Å². The van der Waals surface area contributed by atoms with Crippen LogP contribution in [0.4, 0.5) is 0 Å². The fourth-order valence-electron chi connectivity index (χ4n) is 5.00. The molecule has 0 amide bonds. The molecule has 0 unspecified atom stereocenters. The maximum Gasteiger partial charge on any atom is 0.149 e. The number of nitrogens with zero attached hydrogens (tertiary/aromatic N) is 2. The van der Waals surface area contributed by atoms with E-state index < -0.39 is 0 Å². The molecule has 244 valence electrons. The molecule has 10 heteroatoms. The monoisotopic (exact) mass is 747 g/mol. The lowest BCUT2D eigenvalue weighted by Gasteiger charge is -2.16. The second kappa shape index (κ2) is 18.3. The van der Waals surface area contributed by atoms with Gasteiger partial charge in [0.25, 0.3) is 0 Å². The largest absolute Gasteiger partial charge is 0.330 e. The van der Waals surface area contributed by atoms with Gasteiger partial charge in [-0.1, -0.05) is 137 Å². The molecule has 0 aliphatic heterocycles. The number of aryl methyl sites for hydroxylation is 7. The van der Waals surface area contributed by atoms with E-state index in [2.05, 4.69) is 63.9 Å². The zero-order chi connectivity index (χ0) is 34.2. The van der Waals surface area contributed by atoms with E-state index in [-0.39, 0.29) is 15.2 Å². The Kier molecular flexibility index (Phi) is 16.2. The zero-order valence-electron chi connectivity index (χ0n) is 27.0. The SMILES string of the molecule is CCCCc1nc(-c2c(C)cc(C)cc2C)c(Cl)c(Cl)c1Cl.CCCN.Cc1cc(C)c(-c2nc(Cl)c(Cl)c(Cl)c2Cl)c(C)c1. The van der Waals surface area contributed by atoms with E-state index in [0.29, 0.717) is 25.8 Å². The van der Waals surface area contributed by atoms with E-state index in [9.17, 15) is 0 Å². The minimum absolute atomic E-state index is 0.158. The smallest absolute Gasteiger partial charge is 0.149 e. The second-order valence-electron chi connectivity index (χ2n) is 11.0. The Hall–Kier alpha value is -1.27. The summed E-state index contributed by atoms with van der Waals surface area (Å²) in [4.78, 5) is 9.02. The highest BCUT2D eigenvalue weighted by atomic mass is 35.5. The number of hydrogen-bond acceptors (Lipinski definition) is 3. The predicted molar refractivity (Wildman–Crippen MR) is 201 cm³/mol. The number of pyridine rings is 2. The minimum atomic E-state index is 0.158. The van der Waals surface area contributed by atoms with Gasteiger partial charge in [-0.2, -0.15) is 0 Å². The Bertz CT molecular complexity index is 1600. The zero-order valence-corrected chi connectivity index (χ0v) is 32.3. The van der Waals surface area contributed by atoms with Crippen LogP contribution in [0.25, 0.3) is 22.5 Å². The number of unbranched alkanes of at least 4 members (excludes halogenated alkanes) is 1. The summed E-state index contributed by atoms with van der Waals surface area (Å²) in [5, 5.41) is 2.21. The molecule has 2 heterocycles. The number of nitrogens with two attached hydrogens (primary N) is 1. The van der Waals surface area contributed by atoms with E-state index in [1.165, 1.54) is 11.1 Å². The van der Waals surface area contributed by atoms with Crippen LogP contribution in [0.15, 0.2) is 24.3 Å². The highest BCUT2D eigenvalue weighted by Gasteiger charge is 2.20. The topological polar surface area (TPSA) is 51.8 Å². The summed E-state index contributed by atoms with van der Waals surface area (Å²) in [6, 6.07) is 8.40. The Morgan fingerprint density at radius 2 is 0.911 bits per heavy atom. The third-order valence-electron chi connectivity index (χ3n) is 6.96. The number of halogens is 7. The Balaban J connectivity index is 0.000000283. The average molecular weight is 751 g/mol. The van der Waals surface area contributed by atoms with Crippen LogP contribution < -0.4 is 5.73 Å². The third-order valence-corrected chi connectivity index (χ3v) is 9.99. The Morgan fingerprint density at radius 1 is 0.533 bits per heavy atom. The van der Waals surface area contributed by atoms with Crippen LogP contribution in [0, 0.1) is 41.5 Å². The fourth-order valence-corrected chi connectivity index (χ4v) is 6.53. The number of benzene rings is 2. The molecule has 4 rings (SSSR count). The summed E-state index contributed by atoms with van der Waals surface area (Å²) in [6.07, 6.45) is 4.01. The van der Waals surface area contributed by atoms with Crippen LogP contribution in [-0.4, -0.2) is 16.5 Å². The van der Waals surface area contributed by atoms with Crippen molar-refractivity contribution in [3.63, 3.8) is 0 Å². The van der Waals surface area contributed by atoms with Crippen LogP contribution in [0.5, 0.6) is 0 Å². The summed E-state index contributed by atoms with van der Waals surface area (Å²) in [6.45, 7) is 17.3. The molecular formula is C35H40Cl7N3. The van der Waals surface area contributed by atoms with Crippen LogP contribution in [-0.2, 0) is 6.42 Å². The van der Waals surface area contributed by atoms with E-state index in [1.807, 2.05) is 20.8 Å². The Labute approximate surface area is 303 Å². The molecule has 0 atom stereocenters. The molecule has 0 aliphatic carbocycles. The van der Waals surface area contributed by atoms with Gasteiger partial charge in [-0.25, -0.2) is 9.97 Å². The van der Waals surface area contributed by atoms with Gasteiger partial charge in [0.05, 0.1) is 47.2 Å². The molecule has 0 bridgehead atoms. The van der Waals surface area contributed by atoms with Crippen molar-refractivity contribution in [1.82, 2.24) is 9.97 Å². The first-order valence-electron chi connectivity index (χ1n) is 14.7. The molecule has 0 radical (unpaired) electrons. The third kappa shape index (κ3) is 10.1. The van der Waals surface area contributed by atoms with Crippen molar-refractivity contribution >= 4 is 81.2 Å². The molecule has 2 N–H and O–H groups in total. The quantitative estimate of drug-likeness (QED) is 0.200. The second-order valence-corrected chi connectivity index (χ2v) is 13.6. The molecular weight excluding hydrogens is 711 g/mol. The molecule has 4 aromatic rings. The van der Waals surface area contributed by atoms with Crippen molar-refractivity contribution in [2.24, 2.45) is 5.73 Å². The normalized spacial score (nSPS) is 10.7. The summed E-state index contributed by atoms with van der Waals surface area (Å²) in [5.41, 5.74) is 16.0. The van der Waals surface area contributed by atoms with Gasteiger partial charge in [-0.3, -0.25) is 0 Å². The Morgan fingerprint density at radius 3 is 1.29 bits per heavy atom. The van der Waals surface area contributed by atoms with Gasteiger partial charge in [-0.05, 0) is 89.6 Å². The van der Waals surface area contributed by atoms with Crippen molar-refractivity contribution in [3.8, 4) is 22.5 Å². The maximum absolute atomic E-state index is 6.44. The van der Waals surface area contributed by atoms with Crippen LogP contribution >= 0.6 is 81.2 Å². The first-order chi connectivity index (χ1) is 21.1. The molecule has 3 nitrogen and oxygen atoms in total. The van der Waals surface area contributed by atoms with Crippen LogP contribution in [0.1, 0.15) is 72.2 Å².